The molecule has 15 rings (SSSR count). The quantitative estimate of drug-likeness (QED) is 0.124. The van der Waals surface area contributed by atoms with Crippen molar-refractivity contribution >= 4 is 71.2 Å². The molecule has 0 bridgehead atoms. The Morgan fingerprint density at radius 2 is 0.588 bits per heavy atom. The number of hydrogen-bond donors (Lipinski definition) is 0. The van der Waals surface area contributed by atoms with Crippen LogP contribution in [-0.2, 0) is 0 Å². The second-order valence-corrected chi connectivity index (χ2v) is 20.7. The largest absolute Gasteiger partial charge is 0.310 e. The van der Waals surface area contributed by atoms with Gasteiger partial charge in [-0.05, 0) is 160 Å². The zero-order chi connectivity index (χ0) is 52.9. The number of anilines is 3. The van der Waals surface area contributed by atoms with E-state index in [0.717, 1.165) is 33.8 Å². The molecule has 374 valence electrons. The molecule has 1 aromatic heterocycles. The summed E-state index contributed by atoms with van der Waals surface area (Å²) in [5, 5.41) is 9.76. The summed E-state index contributed by atoms with van der Waals surface area (Å²) in [6, 6.07) is 115. The molecule has 0 aliphatic carbocycles. The Hall–Kier alpha value is -10.5. The smallest absolute Gasteiger partial charge is 0.0541 e. The zero-order valence-electron chi connectivity index (χ0n) is 43.9. The number of fused-ring (bicyclic) bond motifs is 6. The van der Waals surface area contributed by atoms with Crippen molar-refractivity contribution < 1.29 is 0 Å². The molecule has 0 radical (unpaired) electrons. The van der Waals surface area contributed by atoms with Crippen LogP contribution in [0.25, 0.3) is 127 Å². The Bertz CT molecular complexity index is 4590. The fourth-order valence-corrected chi connectivity index (χ4v) is 12.6. The van der Waals surface area contributed by atoms with Crippen molar-refractivity contribution in [3.8, 4) is 72.4 Å². The van der Waals surface area contributed by atoms with Crippen LogP contribution in [0.5, 0.6) is 0 Å². The highest BCUT2D eigenvalue weighted by Gasteiger charge is 2.22. The van der Waals surface area contributed by atoms with Crippen molar-refractivity contribution in [2.45, 2.75) is 0 Å². The molecule has 0 amide bonds. The first-order valence-corrected chi connectivity index (χ1v) is 27.6. The highest BCUT2D eigenvalue weighted by molar-refractivity contribution is 6.24. The Morgan fingerprint density at radius 1 is 0.212 bits per heavy atom. The summed E-state index contributed by atoms with van der Waals surface area (Å²) in [7, 11) is 0. The van der Waals surface area contributed by atoms with Gasteiger partial charge in [0, 0.05) is 33.2 Å². The van der Waals surface area contributed by atoms with E-state index in [2.05, 4.69) is 325 Å². The molecule has 0 saturated carbocycles. The van der Waals surface area contributed by atoms with Gasteiger partial charge in [-0.25, -0.2) is 0 Å². The van der Waals surface area contributed by atoms with Crippen molar-refractivity contribution in [3.05, 3.63) is 315 Å². The Labute approximate surface area is 466 Å². The summed E-state index contributed by atoms with van der Waals surface area (Å²) in [5.41, 5.74) is 21.2. The Balaban J connectivity index is 0.891. The van der Waals surface area contributed by atoms with Crippen molar-refractivity contribution in [1.82, 2.24) is 4.57 Å². The molecule has 0 spiro atoms. The Morgan fingerprint density at radius 3 is 1.10 bits per heavy atom. The average Bonchev–Trinajstić information content (AvgIpc) is 3.97. The van der Waals surface area contributed by atoms with Crippen LogP contribution < -0.4 is 4.90 Å². The van der Waals surface area contributed by atoms with E-state index in [0.29, 0.717) is 0 Å². The van der Waals surface area contributed by atoms with E-state index in [1.54, 1.807) is 0 Å². The van der Waals surface area contributed by atoms with Gasteiger partial charge in [0.2, 0.25) is 0 Å². The molecule has 0 aliphatic rings. The molecule has 0 atom stereocenters. The average molecular weight is 1020 g/mol. The van der Waals surface area contributed by atoms with Crippen LogP contribution in [0.1, 0.15) is 0 Å². The third-order valence-electron chi connectivity index (χ3n) is 16.2. The molecule has 80 heavy (non-hydrogen) atoms. The molecular weight excluding hydrogens is 965 g/mol. The molecule has 2 heteroatoms. The van der Waals surface area contributed by atoms with Crippen molar-refractivity contribution in [2.24, 2.45) is 0 Å². The molecular formula is C78H52N2. The summed E-state index contributed by atoms with van der Waals surface area (Å²) in [4.78, 5) is 2.42. The second kappa shape index (κ2) is 19.8. The molecule has 0 N–H and O–H groups in total. The number of para-hydroxylation sites is 1. The van der Waals surface area contributed by atoms with Gasteiger partial charge in [-0.2, -0.15) is 0 Å². The van der Waals surface area contributed by atoms with E-state index in [-0.39, 0.29) is 0 Å². The predicted octanol–water partition coefficient (Wildman–Crippen LogP) is 21.7. The summed E-state index contributed by atoms with van der Waals surface area (Å²) in [6.45, 7) is 0. The SMILES string of the molecule is c1ccc(-c2ccccc2-c2ccc3c(c2)c2cc(-c4ccccc4-c4ccccc4)ccc2n3-c2ccc(N(c3ccccc3)c3cccc4c(-c5c6ccccc6c(-c6ccccc6)c6ccccc56)cccc34)cc2)cc1. The van der Waals surface area contributed by atoms with Gasteiger partial charge in [0.15, 0.2) is 0 Å². The molecule has 0 fully saturated rings. The van der Waals surface area contributed by atoms with E-state index in [9.17, 15) is 0 Å². The second-order valence-electron chi connectivity index (χ2n) is 20.7. The topological polar surface area (TPSA) is 8.17 Å². The van der Waals surface area contributed by atoms with Gasteiger partial charge in [0.05, 0.1) is 16.7 Å². The first-order valence-electron chi connectivity index (χ1n) is 27.6. The summed E-state index contributed by atoms with van der Waals surface area (Å²) >= 11 is 0. The molecule has 15 aromatic rings. The van der Waals surface area contributed by atoms with Gasteiger partial charge in [0.1, 0.15) is 0 Å². The summed E-state index contributed by atoms with van der Waals surface area (Å²) in [6.07, 6.45) is 0. The fourth-order valence-electron chi connectivity index (χ4n) is 12.6. The van der Waals surface area contributed by atoms with Gasteiger partial charge < -0.3 is 9.47 Å². The summed E-state index contributed by atoms with van der Waals surface area (Å²) in [5.74, 6) is 0. The first-order chi connectivity index (χ1) is 39.7. The van der Waals surface area contributed by atoms with Gasteiger partial charge in [-0.15, -0.1) is 0 Å². The van der Waals surface area contributed by atoms with Crippen LogP contribution in [-0.4, -0.2) is 4.57 Å². The molecule has 14 aromatic carbocycles. The highest BCUT2D eigenvalue weighted by Crippen LogP contribution is 2.48. The third kappa shape index (κ3) is 7.96. The number of benzene rings is 14. The van der Waals surface area contributed by atoms with Crippen molar-refractivity contribution in [1.29, 1.82) is 0 Å². The lowest BCUT2D eigenvalue weighted by Crippen LogP contribution is -2.10. The lowest BCUT2D eigenvalue weighted by molar-refractivity contribution is 1.17. The minimum Gasteiger partial charge on any atom is -0.310 e. The summed E-state index contributed by atoms with van der Waals surface area (Å²) < 4.78 is 2.45. The van der Waals surface area contributed by atoms with Crippen LogP contribution in [0.15, 0.2) is 315 Å². The van der Waals surface area contributed by atoms with Gasteiger partial charge in [-0.3, -0.25) is 0 Å². The van der Waals surface area contributed by atoms with Crippen LogP contribution in [0.4, 0.5) is 17.1 Å². The molecule has 0 aliphatic heterocycles. The van der Waals surface area contributed by atoms with E-state index in [1.165, 1.54) is 110 Å². The maximum Gasteiger partial charge on any atom is 0.0541 e. The fraction of sp³-hybridized carbons (Fsp3) is 0. The molecule has 0 saturated heterocycles. The van der Waals surface area contributed by atoms with E-state index >= 15 is 0 Å². The highest BCUT2D eigenvalue weighted by atomic mass is 15.1. The van der Waals surface area contributed by atoms with Gasteiger partial charge in [0.25, 0.3) is 0 Å². The molecule has 1 heterocycles. The number of rotatable bonds is 10. The van der Waals surface area contributed by atoms with E-state index < -0.39 is 0 Å². The molecule has 0 unspecified atom stereocenters. The number of nitrogens with zero attached hydrogens (tertiary/aromatic N) is 2. The normalized spacial score (nSPS) is 11.5. The first kappa shape index (κ1) is 46.7. The number of aromatic nitrogens is 1. The van der Waals surface area contributed by atoms with E-state index in [1.807, 2.05) is 0 Å². The van der Waals surface area contributed by atoms with Crippen LogP contribution >= 0.6 is 0 Å². The van der Waals surface area contributed by atoms with Crippen LogP contribution in [0.2, 0.25) is 0 Å². The van der Waals surface area contributed by atoms with Crippen LogP contribution in [0.3, 0.4) is 0 Å². The standard InChI is InChI=1S/C78H52N2/c1-5-23-53(24-6-1)61-31-13-15-33-63(61)56-43-49-75-72(51-56)73-52-57(64-34-16-14-32-62(64)54-25-7-2-8-26-54)44-50-76(73)80(75)60-47-45-59(46-48-60)79(58-29-11-4-12-30-58)74-42-22-39-65-66(74)40-21-41-67(65)78-70-37-19-17-35-68(70)77(55-27-9-3-10-28-55)69-36-18-20-38-71(69)78/h1-52H. The maximum atomic E-state index is 2.45. The minimum absolute atomic E-state index is 1.07. The van der Waals surface area contributed by atoms with Gasteiger partial charge in [-0.1, -0.05) is 249 Å². The maximum absolute atomic E-state index is 2.45. The van der Waals surface area contributed by atoms with Gasteiger partial charge >= 0.3 is 0 Å². The zero-order valence-corrected chi connectivity index (χ0v) is 43.9. The molecule has 2 nitrogen and oxygen atoms in total. The minimum atomic E-state index is 1.07. The third-order valence-corrected chi connectivity index (χ3v) is 16.2. The lowest BCUT2D eigenvalue weighted by atomic mass is 9.84. The monoisotopic (exact) mass is 1020 g/mol. The Kier molecular flexibility index (Phi) is 11.6. The van der Waals surface area contributed by atoms with E-state index in [4.69, 9.17) is 0 Å². The van der Waals surface area contributed by atoms with Crippen molar-refractivity contribution in [3.63, 3.8) is 0 Å². The number of hydrogen-bond acceptors (Lipinski definition) is 1. The van der Waals surface area contributed by atoms with Crippen LogP contribution in [0, 0.1) is 0 Å². The van der Waals surface area contributed by atoms with Crippen molar-refractivity contribution in [2.75, 3.05) is 4.90 Å². The predicted molar refractivity (Wildman–Crippen MR) is 341 cm³/mol. The lowest BCUT2D eigenvalue weighted by Gasteiger charge is -2.27.